The lowest BCUT2D eigenvalue weighted by molar-refractivity contribution is 0.134. The van der Waals surface area contributed by atoms with Crippen molar-refractivity contribution in [2.45, 2.75) is 63.4 Å². The molecule has 0 radical (unpaired) electrons. The highest BCUT2D eigenvalue weighted by Crippen LogP contribution is 2.22. The van der Waals surface area contributed by atoms with Crippen LogP contribution in [0.5, 0.6) is 0 Å². The second-order valence-corrected chi connectivity index (χ2v) is 6.49. The fraction of sp³-hybridized carbons (Fsp3) is 1.00. The molecule has 0 heterocycles. The summed E-state index contributed by atoms with van der Waals surface area (Å²) in [7, 11) is -3.39. The molecule has 0 aromatic carbocycles. The van der Waals surface area contributed by atoms with Gasteiger partial charge in [0.25, 0.3) is 0 Å². The van der Waals surface area contributed by atoms with Gasteiger partial charge in [0.15, 0.2) is 9.84 Å². The molecular weight excluding hydrogens is 222 g/mol. The van der Waals surface area contributed by atoms with Gasteiger partial charge in [-0.2, -0.15) is 0 Å². The standard InChI is InChI=1S/C10H20F2O2S/c1-4-6-9(7-10(11)12)15(13,14)8(3)5-2/h8-10H,4-7H2,1-3H3. The zero-order valence-electron chi connectivity index (χ0n) is 9.54. The Bertz CT molecular complexity index is 263. The molecule has 0 aromatic heterocycles. The molecule has 0 bridgehead atoms. The Morgan fingerprint density at radius 2 is 1.73 bits per heavy atom. The summed E-state index contributed by atoms with van der Waals surface area (Å²) in [5.74, 6) is 0. The van der Waals surface area contributed by atoms with E-state index in [-0.39, 0.29) is 0 Å². The van der Waals surface area contributed by atoms with Gasteiger partial charge in [-0.1, -0.05) is 20.3 Å². The first-order valence-electron chi connectivity index (χ1n) is 5.37. The van der Waals surface area contributed by atoms with Crippen LogP contribution in [0.25, 0.3) is 0 Å². The summed E-state index contributed by atoms with van der Waals surface area (Å²) in [4.78, 5) is 0. The molecule has 0 saturated heterocycles. The Morgan fingerprint density at radius 3 is 2.07 bits per heavy atom. The largest absolute Gasteiger partial charge is 0.239 e. The molecular formula is C10H20F2O2S. The normalized spacial score (nSPS) is 16.7. The number of hydrogen-bond donors (Lipinski definition) is 0. The van der Waals surface area contributed by atoms with Crippen LogP contribution in [0.1, 0.15) is 46.5 Å². The van der Waals surface area contributed by atoms with Gasteiger partial charge in [0.05, 0.1) is 10.5 Å². The van der Waals surface area contributed by atoms with E-state index in [1.54, 1.807) is 13.8 Å². The van der Waals surface area contributed by atoms with Crippen molar-refractivity contribution in [1.82, 2.24) is 0 Å². The molecule has 0 N–H and O–H groups in total. The molecule has 92 valence electrons. The lowest BCUT2D eigenvalue weighted by atomic mass is 10.2. The van der Waals surface area contributed by atoms with Gasteiger partial charge in [0.2, 0.25) is 6.43 Å². The summed E-state index contributed by atoms with van der Waals surface area (Å²) in [6, 6.07) is 0. The molecule has 0 aliphatic rings. The maximum Gasteiger partial charge on any atom is 0.239 e. The van der Waals surface area contributed by atoms with Crippen LogP contribution in [0.3, 0.4) is 0 Å². The average Bonchev–Trinajstić information content (AvgIpc) is 2.15. The summed E-state index contributed by atoms with van der Waals surface area (Å²) in [6.07, 6.45) is -1.64. The van der Waals surface area contributed by atoms with Gasteiger partial charge in [-0.05, 0) is 19.8 Å². The molecule has 2 atom stereocenters. The van der Waals surface area contributed by atoms with Crippen molar-refractivity contribution in [3.8, 4) is 0 Å². The minimum absolute atomic E-state index is 0.330. The maximum atomic E-state index is 12.2. The fourth-order valence-corrected chi connectivity index (χ4v) is 3.60. The molecule has 0 spiro atoms. The Balaban J connectivity index is 4.73. The van der Waals surface area contributed by atoms with Crippen LogP contribution in [-0.4, -0.2) is 25.3 Å². The van der Waals surface area contributed by atoms with Crippen LogP contribution in [0, 0.1) is 0 Å². The third-order valence-electron chi connectivity index (χ3n) is 2.65. The van der Waals surface area contributed by atoms with E-state index in [0.717, 1.165) is 0 Å². The van der Waals surface area contributed by atoms with Crippen molar-refractivity contribution in [2.75, 3.05) is 0 Å². The van der Waals surface area contributed by atoms with Gasteiger partial charge < -0.3 is 0 Å². The zero-order valence-corrected chi connectivity index (χ0v) is 10.4. The quantitative estimate of drug-likeness (QED) is 0.687. The second-order valence-electron chi connectivity index (χ2n) is 3.85. The smallest absolute Gasteiger partial charge is 0.228 e. The van der Waals surface area contributed by atoms with Crippen molar-refractivity contribution < 1.29 is 17.2 Å². The van der Waals surface area contributed by atoms with E-state index in [1.165, 1.54) is 0 Å². The van der Waals surface area contributed by atoms with Gasteiger partial charge in [-0.25, -0.2) is 17.2 Å². The Kier molecular flexibility index (Phi) is 6.32. The highest BCUT2D eigenvalue weighted by molar-refractivity contribution is 7.92. The van der Waals surface area contributed by atoms with Crippen LogP contribution >= 0.6 is 0 Å². The van der Waals surface area contributed by atoms with E-state index in [1.807, 2.05) is 6.92 Å². The van der Waals surface area contributed by atoms with Crippen LogP contribution in [-0.2, 0) is 9.84 Å². The van der Waals surface area contributed by atoms with Crippen molar-refractivity contribution in [3.63, 3.8) is 0 Å². The van der Waals surface area contributed by atoms with E-state index < -0.39 is 33.2 Å². The Morgan fingerprint density at radius 1 is 1.20 bits per heavy atom. The van der Waals surface area contributed by atoms with Gasteiger partial charge in [-0.3, -0.25) is 0 Å². The van der Waals surface area contributed by atoms with E-state index in [0.29, 0.717) is 19.3 Å². The van der Waals surface area contributed by atoms with E-state index in [2.05, 4.69) is 0 Å². The van der Waals surface area contributed by atoms with Crippen LogP contribution in [0.2, 0.25) is 0 Å². The molecule has 2 nitrogen and oxygen atoms in total. The van der Waals surface area contributed by atoms with Crippen molar-refractivity contribution in [1.29, 1.82) is 0 Å². The van der Waals surface area contributed by atoms with Crippen molar-refractivity contribution in [3.05, 3.63) is 0 Å². The molecule has 5 heteroatoms. The maximum absolute atomic E-state index is 12.2. The van der Waals surface area contributed by atoms with Crippen LogP contribution < -0.4 is 0 Å². The summed E-state index contributed by atoms with van der Waals surface area (Å²) >= 11 is 0. The van der Waals surface area contributed by atoms with Gasteiger partial charge in [0.1, 0.15) is 0 Å². The minimum Gasteiger partial charge on any atom is -0.228 e. The first kappa shape index (κ1) is 14.8. The van der Waals surface area contributed by atoms with Gasteiger partial charge in [0, 0.05) is 6.42 Å². The molecule has 0 amide bonds. The Labute approximate surface area is 91.0 Å². The average molecular weight is 242 g/mol. The second kappa shape index (κ2) is 6.40. The summed E-state index contributed by atoms with van der Waals surface area (Å²) in [5, 5.41) is -1.40. The molecule has 0 fully saturated rings. The molecule has 0 saturated carbocycles. The number of rotatable bonds is 7. The predicted octanol–water partition coefficient (Wildman–Crippen LogP) is 3.02. The number of hydrogen-bond acceptors (Lipinski definition) is 2. The van der Waals surface area contributed by atoms with Crippen LogP contribution in [0.4, 0.5) is 8.78 Å². The molecule has 15 heavy (non-hydrogen) atoms. The molecule has 2 unspecified atom stereocenters. The number of halogens is 2. The zero-order chi connectivity index (χ0) is 12.1. The molecule has 0 aromatic rings. The lowest BCUT2D eigenvalue weighted by Crippen LogP contribution is -2.31. The van der Waals surface area contributed by atoms with Crippen molar-refractivity contribution in [2.24, 2.45) is 0 Å². The fourth-order valence-electron chi connectivity index (χ4n) is 1.50. The van der Waals surface area contributed by atoms with Gasteiger partial charge >= 0.3 is 0 Å². The first-order valence-corrected chi connectivity index (χ1v) is 6.98. The molecule has 0 aliphatic carbocycles. The highest BCUT2D eigenvalue weighted by atomic mass is 32.2. The highest BCUT2D eigenvalue weighted by Gasteiger charge is 2.31. The third-order valence-corrected chi connectivity index (χ3v) is 5.46. The predicted molar refractivity (Wildman–Crippen MR) is 58.0 cm³/mol. The third kappa shape index (κ3) is 4.45. The molecule has 0 rings (SSSR count). The van der Waals surface area contributed by atoms with Crippen LogP contribution in [0.15, 0.2) is 0 Å². The minimum atomic E-state index is -3.39. The summed E-state index contributed by atoms with van der Waals surface area (Å²) in [5.41, 5.74) is 0. The van der Waals surface area contributed by atoms with Crippen molar-refractivity contribution >= 4 is 9.84 Å². The lowest BCUT2D eigenvalue weighted by Gasteiger charge is -2.20. The first-order chi connectivity index (χ1) is 6.86. The van der Waals surface area contributed by atoms with E-state index >= 15 is 0 Å². The monoisotopic (exact) mass is 242 g/mol. The van der Waals surface area contributed by atoms with E-state index in [4.69, 9.17) is 0 Å². The van der Waals surface area contributed by atoms with E-state index in [9.17, 15) is 17.2 Å². The van der Waals surface area contributed by atoms with Gasteiger partial charge in [-0.15, -0.1) is 0 Å². The SMILES string of the molecule is CCCC(CC(F)F)S(=O)(=O)C(C)CC. The summed E-state index contributed by atoms with van der Waals surface area (Å²) in [6.45, 7) is 5.15. The Hall–Kier alpha value is -0.190. The number of alkyl halides is 2. The topological polar surface area (TPSA) is 34.1 Å². The molecule has 0 aliphatic heterocycles. The summed E-state index contributed by atoms with van der Waals surface area (Å²) < 4.78 is 48.2. The number of sulfone groups is 1.